The van der Waals surface area contributed by atoms with Crippen LogP contribution in [0.25, 0.3) is 0 Å². The summed E-state index contributed by atoms with van der Waals surface area (Å²) in [5, 5.41) is 6.44. The van der Waals surface area contributed by atoms with Gasteiger partial charge in [0, 0.05) is 33.2 Å². The van der Waals surface area contributed by atoms with Crippen LogP contribution < -0.4 is 10.6 Å². The predicted octanol–water partition coefficient (Wildman–Crippen LogP) is 0.528. The molecule has 1 heterocycles. The van der Waals surface area contributed by atoms with E-state index in [1.54, 1.807) is 7.05 Å². The molecule has 2 fully saturated rings. The summed E-state index contributed by atoms with van der Waals surface area (Å²) in [5.41, 5.74) is 0. The van der Waals surface area contributed by atoms with Crippen LogP contribution in [0.3, 0.4) is 0 Å². The molecule has 1 saturated heterocycles. The lowest BCUT2D eigenvalue weighted by Crippen LogP contribution is -2.45. The van der Waals surface area contributed by atoms with E-state index in [0.29, 0.717) is 19.0 Å². The van der Waals surface area contributed by atoms with Crippen LogP contribution in [0.2, 0.25) is 0 Å². The van der Waals surface area contributed by atoms with Crippen molar-refractivity contribution in [1.82, 2.24) is 20.4 Å². The third-order valence-corrected chi connectivity index (χ3v) is 5.74. The average molecular weight is 475 g/mol. The summed E-state index contributed by atoms with van der Waals surface area (Å²) in [6.07, 6.45) is 5.22. The van der Waals surface area contributed by atoms with Crippen molar-refractivity contribution in [2.75, 3.05) is 46.8 Å². The number of imide groups is 1. The fraction of sp³-hybridized carbons (Fsp3) is 0.722. The maximum absolute atomic E-state index is 12.6. The predicted molar refractivity (Wildman–Crippen MR) is 112 cm³/mol. The first-order valence-electron chi connectivity index (χ1n) is 9.23. The molecule has 0 aromatic carbocycles. The number of carbonyl (C=O) groups is 2. The molecule has 4 atom stereocenters. The van der Waals surface area contributed by atoms with Crippen molar-refractivity contribution >= 4 is 41.8 Å². The van der Waals surface area contributed by atoms with Crippen LogP contribution in [0.1, 0.15) is 13.3 Å². The van der Waals surface area contributed by atoms with E-state index in [0.717, 1.165) is 26.1 Å². The van der Waals surface area contributed by atoms with Crippen LogP contribution in [0.5, 0.6) is 0 Å². The number of likely N-dealkylation sites (N-methyl/N-ethyl adjacent to an activating group) is 1. The van der Waals surface area contributed by atoms with Crippen LogP contribution in [-0.2, 0) is 9.59 Å². The number of hydrogen-bond acceptors (Lipinski definition) is 4. The fourth-order valence-corrected chi connectivity index (χ4v) is 4.21. The van der Waals surface area contributed by atoms with Crippen molar-refractivity contribution < 1.29 is 9.59 Å². The van der Waals surface area contributed by atoms with Crippen LogP contribution in [0.4, 0.5) is 0 Å². The van der Waals surface area contributed by atoms with Gasteiger partial charge in [0.05, 0.1) is 11.8 Å². The summed E-state index contributed by atoms with van der Waals surface area (Å²) in [6.45, 7) is 5.77. The minimum Gasteiger partial charge on any atom is -0.355 e. The molecule has 3 rings (SSSR count). The number of nitrogens with one attached hydrogen (secondary N) is 2. The van der Waals surface area contributed by atoms with Gasteiger partial charge in [-0.15, -0.1) is 24.0 Å². The highest BCUT2D eigenvalue weighted by atomic mass is 127. The number of guanidine groups is 1. The molecular formula is C18H30IN5O2. The minimum absolute atomic E-state index is 0. The zero-order valence-electron chi connectivity index (χ0n) is 15.8. The van der Waals surface area contributed by atoms with E-state index in [-0.39, 0.29) is 59.5 Å². The van der Waals surface area contributed by atoms with Gasteiger partial charge in [0.1, 0.15) is 0 Å². The summed E-state index contributed by atoms with van der Waals surface area (Å²) in [4.78, 5) is 33.1. The maximum Gasteiger partial charge on any atom is 0.233 e. The number of hydrogen-bond donors (Lipinski definition) is 2. The molecule has 1 saturated carbocycles. The monoisotopic (exact) mass is 475 g/mol. The van der Waals surface area contributed by atoms with Crippen molar-refractivity contribution in [3.8, 4) is 0 Å². The third-order valence-electron chi connectivity index (χ3n) is 5.74. The van der Waals surface area contributed by atoms with Crippen molar-refractivity contribution in [3.05, 3.63) is 12.2 Å². The number of rotatable bonds is 7. The first-order chi connectivity index (χ1) is 12.1. The molecule has 0 aromatic heterocycles. The maximum atomic E-state index is 12.6. The fourth-order valence-electron chi connectivity index (χ4n) is 4.21. The molecule has 0 aromatic rings. The van der Waals surface area contributed by atoms with Crippen molar-refractivity contribution in [2.45, 2.75) is 13.3 Å². The average Bonchev–Trinajstić information content (AvgIpc) is 3.29. The Hall–Kier alpha value is -1.16. The van der Waals surface area contributed by atoms with Crippen molar-refractivity contribution in [3.63, 3.8) is 0 Å². The highest BCUT2D eigenvalue weighted by Crippen LogP contribution is 2.52. The second kappa shape index (κ2) is 9.16. The van der Waals surface area contributed by atoms with Crippen LogP contribution in [0.15, 0.2) is 17.1 Å². The molecule has 4 unspecified atom stereocenters. The van der Waals surface area contributed by atoms with E-state index < -0.39 is 0 Å². The highest BCUT2D eigenvalue weighted by Gasteiger charge is 2.58. The van der Waals surface area contributed by atoms with Gasteiger partial charge in [-0.3, -0.25) is 19.5 Å². The number of likely N-dealkylation sites (tertiary alicyclic amines) is 1. The number of fused-ring (bicyclic) bond motifs is 5. The van der Waals surface area contributed by atoms with Crippen molar-refractivity contribution in [2.24, 2.45) is 28.7 Å². The summed E-state index contributed by atoms with van der Waals surface area (Å²) < 4.78 is 0. The first kappa shape index (κ1) is 21.1. The van der Waals surface area contributed by atoms with Gasteiger partial charge >= 0.3 is 0 Å². The van der Waals surface area contributed by atoms with Gasteiger partial charge in [-0.25, -0.2) is 0 Å². The lowest BCUT2D eigenvalue weighted by molar-refractivity contribution is -0.140. The number of amides is 2. The number of halogens is 1. The Morgan fingerprint density at radius 1 is 1.19 bits per heavy atom. The molecule has 2 aliphatic carbocycles. The van der Waals surface area contributed by atoms with Gasteiger partial charge in [-0.05, 0) is 31.8 Å². The zero-order chi connectivity index (χ0) is 18.0. The Bertz CT molecular complexity index is 564. The van der Waals surface area contributed by atoms with Gasteiger partial charge in [0.15, 0.2) is 5.96 Å². The number of nitrogens with zero attached hydrogens (tertiary/aromatic N) is 3. The zero-order valence-corrected chi connectivity index (χ0v) is 18.1. The van der Waals surface area contributed by atoms with Crippen LogP contribution >= 0.6 is 24.0 Å². The Balaban J connectivity index is 0.00000243. The Morgan fingerprint density at radius 2 is 1.77 bits per heavy atom. The molecule has 2 N–H and O–H groups in total. The molecule has 2 bridgehead atoms. The van der Waals surface area contributed by atoms with E-state index >= 15 is 0 Å². The van der Waals surface area contributed by atoms with E-state index in [4.69, 9.17) is 0 Å². The summed E-state index contributed by atoms with van der Waals surface area (Å²) in [6, 6.07) is 0. The minimum atomic E-state index is -0.107. The van der Waals surface area contributed by atoms with E-state index in [1.165, 1.54) is 4.90 Å². The lowest BCUT2D eigenvalue weighted by atomic mass is 9.85. The molecule has 26 heavy (non-hydrogen) atoms. The number of carbonyl (C=O) groups excluding carboxylic acids is 2. The van der Waals surface area contributed by atoms with Gasteiger partial charge in [0.25, 0.3) is 0 Å². The van der Waals surface area contributed by atoms with Crippen LogP contribution in [0, 0.1) is 23.7 Å². The summed E-state index contributed by atoms with van der Waals surface area (Å²) in [5.74, 6) is 1.06. The van der Waals surface area contributed by atoms with Gasteiger partial charge in [-0.1, -0.05) is 19.1 Å². The SMILES string of the molecule is CCN(C)CCNC(=NC)NCCN1C(=O)C2C3C=CC(C3)C2C1=O.I. The smallest absolute Gasteiger partial charge is 0.233 e. The van der Waals surface area contributed by atoms with E-state index in [1.807, 2.05) is 0 Å². The van der Waals surface area contributed by atoms with Gasteiger partial charge in [-0.2, -0.15) is 0 Å². The molecule has 7 nitrogen and oxygen atoms in total. The quantitative estimate of drug-likeness (QED) is 0.185. The molecule has 0 radical (unpaired) electrons. The molecule has 3 aliphatic rings. The topological polar surface area (TPSA) is 77.0 Å². The number of aliphatic imine (C=N–C) groups is 1. The lowest BCUT2D eigenvalue weighted by Gasteiger charge is -2.19. The summed E-state index contributed by atoms with van der Waals surface area (Å²) >= 11 is 0. The molecule has 146 valence electrons. The van der Waals surface area contributed by atoms with Gasteiger partial charge in [0.2, 0.25) is 11.8 Å². The van der Waals surface area contributed by atoms with Crippen molar-refractivity contribution in [1.29, 1.82) is 0 Å². The normalized spacial score (nSPS) is 29.4. The van der Waals surface area contributed by atoms with E-state index in [9.17, 15) is 9.59 Å². The Labute approximate surface area is 172 Å². The number of allylic oxidation sites excluding steroid dienone is 2. The second-order valence-corrected chi connectivity index (χ2v) is 7.15. The second-order valence-electron chi connectivity index (χ2n) is 7.15. The summed E-state index contributed by atoms with van der Waals surface area (Å²) in [7, 11) is 3.79. The molecular weight excluding hydrogens is 445 g/mol. The first-order valence-corrected chi connectivity index (χ1v) is 9.23. The largest absolute Gasteiger partial charge is 0.355 e. The molecule has 0 spiro atoms. The van der Waals surface area contributed by atoms with Gasteiger partial charge < -0.3 is 15.5 Å². The van der Waals surface area contributed by atoms with Crippen LogP contribution in [-0.4, -0.2) is 74.4 Å². The molecule has 2 amide bonds. The molecule has 1 aliphatic heterocycles. The third kappa shape index (κ3) is 4.05. The highest BCUT2D eigenvalue weighted by molar-refractivity contribution is 14.0. The Kier molecular flexibility index (Phi) is 7.45. The van der Waals surface area contributed by atoms with E-state index in [2.05, 4.69) is 46.6 Å². The molecule has 8 heteroatoms. The Morgan fingerprint density at radius 3 is 2.31 bits per heavy atom. The standard InChI is InChI=1S/C18H29N5O2.HI/c1-4-22(3)9-7-20-18(19-2)21-8-10-23-16(24)14-12-5-6-13(11-12)15(14)17(23)25;/h5-6,12-15H,4,7-11H2,1-3H3,(H2,19,20,21);1H.